The average molecular weight is 892 g/mol. The number of aliphatic hydroxyl groups is 2. The zero-order chi connectivity index (χ0) is 46.7. The number of hydrogen-bond donors (Lipinski definition) is 3. The first kappa shape index (κ1) is 61.0. The Balaban J connectivity index is 4.71. The zero-order valence-electron chi connectivity index (χ0n) is 41.9. The van der Waals surface area contributed by atoms with Crippen molar-refractivity contribution in [2.75, 3.05) is 6.61 Å². The van der Waals surface area contributed by atoms with Crippen molar-refractivity contribution in [1.29, 1.82) is 0 Å². The minimum Gasteiger partial charge on any atom is -0.462 e. The Bertz CT molecular complexity index is 1230. The van der Waals surface area contributed by atoms with Crippen LogP contribution in [0.25, 0.3) is 0 Å². The average Bonchev–Trinajstić information content (AvgIpc) is 3.29. The third kappa shape index (κ3) is 45.6. The molecule has 0 radical (unpaired) electrons. The Labute approximate surface area is 395 Å². The number of nitrogens with one attached hydrogen (secondary N) is 1. The monoisotopic (exact) mass is 892 g/mol. The molecule has 6 heteroatoms. The topological polar surface area (TPSA) is 95.9 Å². The van der Waals surface area contributed by atoms with Gasteiger partial charge in [0.2, 0.25) is 5.91 Å². The second-order valence-electron chi connectivity index (χ2n) is 17.9. The van der Waals surface area contributed by atoms with Crippen LogP contribution >= 0.6 is 0 Å². The molecule has 3 N–H and O–H groups in total. The van der Waals surface area contributed by atoms with E-state index in [9.17, 15) is 19.8 Å². The number of carbonyl (C=O) groups is 2. The first-order chi connectivity index (χ1) is 31.5. The Hall–Kier alpha value is -2.96. The third-order valence-electron chi connectivity index (χ3n) is 11.7. The van der Waals surface area contributed by atoms with Gasteiger partial charge in [-0.25, -0.2) is 0 Å². The van der Waals surface area contributed by atoms with Crippen LogP contribution < -0.4 is 5.32 Å². The Morgan fingerprint density at radius 2 is 0.844 bits per heavy atom. The summed E-state index contributed by atoms with van der Waals surface area (Å²) in [5.74, 6) is -0.535. The van der Waals surface area contributed by atoms with E-state index < -0.39 is 18.2 Å². The SMILES string of the molecule is CC/C=C/C/C=C/C/C=C/C/C=C/CCCCCC(=O)OC(CCCCCC/C=C\C/C=C\C/C=C\CCCCC)CC(=O)NC(CO)C(O)CCCCCCCCCCCCCC. The molecule has 0 bridgehead atoms. The lowest BCUT2D eigenvalue weighted by Gasteiger charge is -2.24. The molecule has 368 valence electrons. The summed E-state index contributed by atoms with van der Waals surface area (Å²) >= 11 is 0. The van der Waals surface area contributed by atoms with Gasteiger partial charge in [0, 0.05) is 6.42 Å². The van der Waals surface area contributed by atoms with Gasteiger partial charge in [0.25, 0.3) is 0 Å². The van der Waals surface area contributed by atoms with E-state index in [1.165, 1.54) is 83.5 Å². The molecular weight excluding hydrogens is 791 g/mol. The van der Waals surface area contributed by atoms with Crippen molar-refractivity contribution in [2.24, 2.45) is 0 Å². The van der Waals surface area contributed by atoms with Gasteiger partial charge in [-0.3, -0.25) is 9.59 Å². The highest BCUT2D eigenvalue weighted by atomic mass is 16.5. The molecule has 0 aromatic rings. The molecule has 3 unspecified atom stereocenters. The number of rotatable bonds is 47. The maximum atomic E-state index is 13.2. The molecular formula is C58H101NO5. The van der Waals surface area contributed by atoms with Crippen molar-refractivity contribution in [1.82, 2.24) is 5.32 Å². The zero-order valence-corrected chi connectivity index (χ0v) is 41.9. The lowest BCUT2D eigenvalue weighted by molar-refractivity contribution is -0.151. The molecule has 0 heterocycles. The van der Waals surface area contributed by atoms with Crippen molar-refractivity contribution < 1.29 is 24.5 Å². The predicted molar refractivity (Wildman–Crippen MR) is 278 cm³/mol. The highest BCUT2D eigenvalue weighted by Crippen LogP contribution is 2.17. The minimum absolute atomic E-state index is 0.0459. The number of amides is 1. The fourth-order valence-corrected chi connectivity index (χ4v) is 7.66. The highest BCUT2D eigenvalue weighted by molar-refractivity contribution is 5.77. The summed E-state index contributed by atoms with van der Waals surface area (Å²) in [5.41, 5.74) is 0. The van der Waals surface area contributed by atoms with Crippen molar-refractivity contribution in [3.8, 4) is 0 Å². The molecule has 0 saturated heterocycles. The standard InChI is InChI=1S/C58H101NO5/c1-4-7-10-13-16-19-22-25-27-29-30-32-34-37-40-43-46-49-54(64-58(63)51-48-45-42-39-36-33-31-28-26-23-20-17-14-11-8-5-2)52-57(62)59-55(53-60)56(61)50-47-44-41-38-35-24-21-18-15-12-9-6-3/h8,11,16-17,19-20,25-28,30,32-33,36,54-56,60-61H,4-7,9-10,12-15,18,21-24,29,31,34-35,37-53H2,1-3H3,(H,59,62)/b11-8+,19-16-,20-17+,27-25-,28-26+,32-30-,36-33+. The maximum absolute atomic E-state index is 13.2. The van der Waals surface area contributed by atoms with E-state index in [0.29, 0.717) is 19.3 Å². The molecule has 0 spiro atoms. The van der Waals surface area contributed by atoms with Gasteiger partial charge in [0.1, 0.15) is 6.10 Å². The summed E-state index contributed by atoms with van der Waals surface area (Å²) in [6, 6.07) is -0.720. The van der Waals surface area contributed by atoms with Gasteiger partial charge in [-0.2, -0.15) is 0 Å². The van der Waals surface area contributed by atoms with E-state index in [-0.39, 0.29) is 24.9 Å². The lowest BCUT2D eigenvalue weighted by Crippen LogP contribution is -2.46. The van der Waals surface area contributed by atoms with Crippen molar-refractivity contribution in [3.63, 3.8) is 0 Å². The largest absolute Gasteiger partial charge is 0.462 e. The molecule has 0 aliphatic carbocycles. The molecule has 64 heavy (non-hydrogen) atoms. The normalized spacial score (nSPS) is 13.9. The van der Waals surface area contributed by atoms with Gasteiger partial charge < -0.3 is 20.3 Å². The van der Waals surface area contributed by atoms with Gasteiger partial charge in [0.05, 0.1) is 25.2 Å². The van der Waals surface area contributed by atoms with Crippen LogP contribution in [0.15, 0.2) is 85.1 Å². The predicted octanol–water partition coefficient (Wildman–Crippen LogP) is 16.3. The number of unbranched alkanes of at least 4 members (excludes halogenated alkanes) is 21. The molecule has 0 rings (SSSR count). The number of aliphatic hydroxyl groups excluding tert-OH is 2. The van der Waals surface area contributed by atoms with Gasteiger partial charge in [-0.1, -0.05) is 215 Å². The first-order valence-electron chi connectivity index (χ1n) is 26.8. The summed E-state index contributed by atoms with van der Waals surface area (Å²) in [4.78, 5) is 26.2. The van der Waals surface area contributed by atoms with Gasteiger partial charge in [-0.05, 0) is 103 Å². The number of allylic oxidation sites excluding steroid dienone is 14. The fourth-order valence-electron chi connectivity index (χ4n) is 7.66. The lowest BCUT2D eigenvalue weighted by atomic mass is 10.0. The first-order valence-corrected chi connectivity index (χ1v) is 26.8. The molecule has 6 nitrogen and oxygen atoms in total. The number of hydrogen-bond acceptors (Lipinski definition) is 5. The Kier molecular flexibility index (Phi) is 48.7. The van der Waals surface area contributed by atoms with Gasteiger partial charge in [-0.15, -0.1) is 0 Å². The van der Waals surface area contributed by atoms with Crippen LogP contribution in [0.5, 0.6) is 0 Å². The number of carbonyl (C=O) groups excluding carboxylic acids is 2. The Morgan fingerprint density at radius 3 is 1.31 bits per heavy atom. The third-order valence-corrected chi connectivity index (χ3v) is 11.7. The summed E-state index contributed by atoms with van der Waals surface area (Å²) in [5, 5.41) is 23.8. The van der Waals surface area contributed by atoms with E-state index in [2.05, 4.69) is 111 Å². The molecule has 0 saturated carbocycles. The highest BCUT2D eigenvalue weighted by Gasteiger charge is 2.24. The molecule has 0 aliphatic heterocycles. The summed E-state index contributed by atoms with van der Waals surface area (Å²) in [7, 11) is 0. The van der Waals surface area contributed by atoms with E-state index in [4.69, 9.17) is 4.74 Å². The smallest absolute Gasteiger partial charge is 0.306 e. The van der Waals surface area contributed by atoms with Crippen LogP contribution in [-0.4, -0.2) is 46.9 Å². The van der Waals surface area contributed by atoms with E-state index in [0.717, 1.165) is 116 Å². The molecule has 0 aromatic heterocycles. The van der Waals surface area contributed by atoms with Crippen molar-refractivity contribution >= 4 is 11.9 Å². The fraction of sp³-hybridized carbons (Fsp3) is 0.724. The van der Waals surface area contributed by atoms with Gasteiger partial charge >= 0.3 is 5.97 Å². The van der Waals surface area contributed by atoms with E-state index in [1.54, 1.807) is 0 Å². The second kappa shape index (κ2) is 51.0. The quantitative estimate of drug-likeness (QED) is 0.0321. The van der Waals surface area contributed by atoms with Crippen LogP contribution in [-0.2, 0) is 14.3 Å². The molecule has 0 aliphatic rings. The van der Waals surface area contributed by atoms with E-state index in [1.807, 2.05) is 0 Å². The summed E-state index contributed by atoms with van der Waals surface area (Å²) in [6.45, 7) is 6.33. The van der Waals surface area contributed by atoms with Gasteiger partial charge in [0.15, 0.2) is 0 Å². The number of esters is 1. The van der Waals surface area contributed by atoms with Crippen LogP contribution in [0.4, 0.5) is 0 Å². The van der Waals surface area contributed by atoms with Crippen molar-refractivity contribution in [3.05, 3.63) is 85.1 Å². The van der Waals surface area contributed by atoms with E-state index >= 15 is 0 Å². The van der Waals surface area contributed by atoms with Crippen molar-refractivity contribution in [2.45, 2.75) is 264 Å². The molecule has 1 amide bonds. The molecule has 0 aromatic carbocycles. The summed E-state index contributed by atoms with van der Waals surface area (Å²) < 4.78 is 5.92. The van der Waals surface area contributed by atoms with Crippen LogP contribution in [0.3, 0.4) is 0 Å². The molecule has 3 atom stereocenters. The Morgan fingerprint density at radius 1 is 0.469 bits per heavy atom. The maximum Gasteiger partial charge on any atom is 0.306 e. The van der Waals surface area contributed by atoms with Crippen LogP contribution in [0.2, 0.25) is 0 Å². The summed E-state index contributed by atoms with van der Waals surface area (Å²) in [6.07, 6.45) is 66.4. The van der Waals surface area contributed by atoms with Crippen LogP contribution in [0, 0.1) is 0 Å². The second-order valence-corrected chi connectivity index (χ2v) is 17.9. The molecule has 0 fully saturated rings. The van der Waals surface area contributed by atoms with Crippen LogP contribution in [0.1, 0.15) is 245 Å². The number of ether oxygens (including phenoxy) is 1. The minimum atomic E-state index is -0.804.